The Bertz CT molecular complexity index is 403. The highest BCUT2D eigenvalue weighted by Crippen LogP contribution is 2.25. The highest BCUT2D eigenvalue weighted by atomic mass is 16.5. The van der Waals surface area contributed by atoms with Gasteiger partial charge in [-0.15, -0.1) is 0 Å². The zero-order chi connectivity index (χ0) is 12.4. The summed E-state index contributed by atoms with van der Waals surface area (Å²) in [4.78, 5) is 0. The van der Waals surface area contributed by atoms with E-state index in [2.05, 4.69) is 17.4 Å². The van der Waals surface area contributed by atoms with Crippen LogP contribution < -0.4 is 10.1 Å². The van der Waals surface area contributed by atoms with E-state index in [0.29, 0.717) is 0 Å². The van der Waals surface area contributed by atoms with Gasteiger partial charge in [-0.25, -0.2) is 0 Å². The summed E-state index contributed by atoms with van der Waals surface area (Å²) < 4.78 is 5.87. The van der Waals surface area contributed by atoms with E-state index in [1.54, 1.807) is 0 Å². The lowest BCUT2D eigenvalue weighted by Crippen LogP contribution is -2.25. The van der Waals surface area contributed by atoms with Gasteiger partial charge in [0.15, 0.2) is 0 Å². The number of nitrogens with one attached hydrogen (secondary N) is 1. The molecule has 2 atom stereocenters. The van der Waals surface area contributed by atoms with Gasteiger partial charge in [0.25, 0.3) is 0 Å². The first-order valence-corrected chi connectivity index (χ1v) is 6.98. The smallest absolute Gasteiger partial charge is 0.124 e. The van der Waals surface area contributed by atoms with Gasteiger partial charge in [0, 0.05) is 12.6 Å². The van der Waals surface area contributed by atoms with E-state index in [-0.39, 0.29) is 12.2 Å². The quantitative estimate of drug-likeness (QED) is 0.838. The van der Waals surface area contributed by atoms with Gasteiger partial charge in [-0.2, -0.15) is 0 Å². The molecule has 2 aliphatic rings. The number of hydrogen-bond donors (Lipinski definition) is 2. The number of benzene rings is 1. The van der Waals surface area contributed by atoms with E-state index in [4.69, 9.17) is 4.74 Å². The minimum absolute atomic E-state index is 0.0170. The molecule has 0 aliphatic heterocycles. The monoisotopic (exact) mass is 247 g/mol. The zero-order valence-corrected chi connectivity index (χ0v) is 10.6. The molecular formula is C15H21NO2. The lowest BCUT2D eigenvalue weighted by molar-refractivity contribution is 0.0603. The fourth-order valence-electron chi connectivity index (χ4n) is 2.50. The Morgan fingerprint density at radius 1 is 1.22 bits per heavy atom. The maximum absolute atomic E-state index is 9.77. The van der Waals surface area contributed by atoms with E-state index < -0.39 is 0 Å². The van der Waals surface area contributed by atoms with Crippen molar-refractivity contribution in [1.29, 1.82) is 0 Å². The van der Waals surface area contributed by atoms with E-state index in [0.717, 1.165) is 37.6 Å². The molecule has 0 amide bonds. The number of aliphatic hydroxyl groups excluding tert-OH is 1. The summed E-state index contributed by atoms with van der Waals surface area (Å²) in [7, 11) is 0. The van der Waals surface area contributed by atoms with Gasteiger partial charge >= 0.3 is 0 Å². The fraction of sp³-hybridized carbons (Fsp3) is 0.600. The third-order valence-electron chi connectivity index (χ3n) is 3.78. The first-order chi connectivity index (χ1) is 8.81. The van der Waals surface area contributed by atoms with Gasteiger partial charge in [0.05, 0.1) is 6.10 Å². The van der Waals surface area contributed by atoms with Crippen LogP contribution in [0.15, 0.2) is 24.3 Å². The van der Waals surface area contributed by atoms with E-state index in [1.165, 1.54) is 18.4 Å². The summed E-state index contributed by atoms with van der Waals surface area (Å²) in [5, 5.41) is 13.3. The summed E-state index contributed by atoms with van der Waals surface area (Å²) in [6.07, 6.45) is 5.21. The molecule has 0 heterocycles. The number of ether oxygens (including phenoxy) is 1. The molecule has 3 nitrogen and oxygen atoms in total. The van der Waals surface area contributed by atoms with Crippen molar-refractivity contribution in [2.45, 2.75) is 56.9 Å². The Morgan fingerprint density at radius 2 is 2.11 bits per heavy atom. The van der Waals surface area contributed by atoms with Gasteiger partial charge in [-0.1, -0.05) is 12.1 Å². The SMILES string of the molecule is OC1CCCC1Oc1cccc(CNC2CC2)c1. The van der Waals surface area contributed by atoms with Crippen LogP contribution in [0, 0.1) is 0 Å². The summed E-state index contributed by atoms with van der Waals surface area (Å²) in [5.41, 5.74) is 1.26. The topological polar surface area (TPSA) is 41.5 Å². The van der Waals surface area contributed by atoms with Crippen LogP contribution >= 0.6 is 0 Å². The van der Waals surface area contributed by atoms with Crippen molar-refractivity contribution >= 4 is 0 Å². The van der Waals surface area contributed by atoms with Gasteiger partial charge in [0.2, 0.25) is 0 Å². The summed E-state index contributed by atoms with van der Waals surface area (Å²) in [6.45, 7) is 0.912. The molecule has 0 bridgehead atoms. The van der Waals surface area contributed by atoms with E-state index in [1.807, 2.05) is 12.1 Å². The van der Waals surface area contributed by atoms with Crippen LogP contribution in [0.3, 0.4) is 0 Å². The molecule has 2 unspecified atom stereocenters. The molecule has 98 valence electrons. The third kappa shape index (κ3) is 3.03. The molecule has 0 spiro atoms. The van der Waals surface area contributed by atoms with Crippen LogP contribution in [0.25, 0.3) is 0 Å². The Kier molecular flexibility index (Phi) is 3.52. The molecule has 0 aromatic heterocycles. The van der Waals surface area contributed by atoms with Crippen LogP contribution in [0.4, 0.5) is 0 Å². The summed E-state index contributed by atoms with van der Waals surface area (Å²) in [6, 6.07) is 8.94. The molecule has 3 rings (SSSR count). The Labute approximate surface area is 108 Å². The van der Waals surface area contributed by atoms with Crippen LogP contribution in [0.1, 0.15) is 37.7 Å². The van der Waals surface area contributed by atoms with Crippen molar-refractivity contribution in [3.8, 4) is 5.75 Å². The Hall–Kier alpha value is -1.06. The van der Waals surface area contributed by atoms with Gasteiger partial charge in [-0.05, 0) is 49.8 Å². The fourth-order valence-corrected chi connectivity index (χ4v) is 2.50. The molecule has 2 fully saturated rings. The van der Waals surface area contributed by atoms with Crippen molar-refractivity contribution in [2.24, 2.45) is 0 Å². The maximum atomic E-state index is 9.77. The normalized spacial score (nSPS) is 27.4. The third-order valence-corrected chi connectivity index (χ3v) is 3.78. The maximum Gasteiger partial charge on any atom is 0.124 e. The van der Waals surface area contributed by atoms with Gasteiger partial charge in [-0.3, -0.25) is 0 Å². The van der Waals surface area contributed by atoms with Gasteiger partial charge in [0.1, 0.15) is 11.9 Å². The molecule has 1 aromatic carbocycles. The second-order valence-electron chi connectivity index (χ2n) is 5.46. The number of hydrogen-bond acceptors (Lipinski definition) is 3. The average molecular weight is 247 g/mol. The van der Waals surface area contributed by atoms with Crippen LogP contribution in [-0.2, 0) is 6.54 Å². The molecule has 18 heavy (non-hydrogen) atoms. The standard InChI is InChI=1S/C15H21NO2/c17-14-5-2-6-15(14)18-13-4-1-3-11(9-13)10-16-12-7-8-12/h1,3-4,9,12,14-17H,2,5-8,10H2. The van der Waals surface area contributed by atoms with Crippen LogP contribution in [0.2, 0.25) is 0 Å². The lowest BCUT2D eigenvalue weighted by Gasteiger charge is -2.17. The predicted octanol–water partition coefficient (Wildman–Crippen LogP) is 2.23. The lowest BCUT2D eigenvalue weighted by atomic mass is 10.2. The zero-order valence-electron chi connectivity index (χ0n) is 10.6. The molecule has 0 saturated heterocycles. The molecule has 1 aromatic rings. The van der Waals surface area contributed by atoms with Crippen molar-refractivity contribution in [1.82, 2.24) is 5.32 Å². The molecule has 2 aliphatic carbocycles. The second-order valence-corrected chi connectivity index (χ2v) is 5.46. The van der Waals surface area contributed by atoms with Crippen LogP contribution in [-0.4, -0.2) is 23.4 Å². The van der Waals surface area contributed by atoms with Crippen molar-refractivity contribution < 1.29 is 9.84 Å². The minimum Gasteiger partial charge on any atom is -0.488 e. The predicted molar refractivity (Wildman–Crippen MR) is 70.6 cm³/mol. The minimum atomic E-state index is -0.293. The molecule has 2 N–H and O–H groups in total. The van der Waals surface area contributed by atoms with Gasteiger partial charge < -0.3 is 15.2 Å². The molecule has 0 radical (unpaired) electrons. The Morgan fingerprint density at radius 3 is 2.83 bits per heavy atom. The average Bonchev–Trinajstić information content (AvgIpc) is 3.13. The second kappa shape index (κ2) is 5.29. The number of aliphatic hydroxyl groups is 1. The first-order valence-electron chi connectivity index (χ1n) is 6.98. The highest BCUT2D eigenvalue weighted by Gasteiger charge is 2.26. The van der Waals surface area contributed by atoms with Crippen molar-refractivity contribution in [3.05, 3.63) is 29.8 Å². The number of rotatable bonds is 5. The summed E-state index contributed by atoms with van der Waals surface area (Å²) >= 11 is 0. The summed E-state index contributed by atoms with van der Waals surface area (Å²) in [5.74, 6) is 0.885. The van der Waals surface area contributed by atoms with Crippen molar-refractivity contribution in [3.63, 3.8) is 0 Å². The molecule has 3 heteroatoms. The Balaban J connectivity index is 1.58. The van der Waals surface area contributed by atoms with Crippen LogP contribution in [0.5, 0.6) is 5.75 Å². The van der Waals surface area contributed by atoms with E-state index >= 15 is 0 Å². The largest absolute Gasteiger partial charge is 0.488 e. The van der Waals surface area contributed by atoms with Crippen molar-refractivity contribution in [2.75, 3.05) is 0 Å². The van der Waals surface area contributed by atoms with E-state index in [9.17, 15) is 5.11 Å². The highest BCUT2D eigenvalue weighted by molar-refractivity contribution is 5.29. The molecule has 2 saturated carbocycles. The first kappa shape index (κ1) is 12.0. The molecular weight excluding hydrogens is 226 g/mol.